The highest BCUT2D eigenvalue weighted by Crippen LogP contribution is 2.17. The van der Waals surface area contributed by atoms with Gasteiger partial charge in [-0.2, -0.15) is 0 Å². The fraction of sp³-hybridized carbons (Fsp3) is 0. The number of aromatic nitrogens is 1. The van der Waals surface area contributed by atoms with Gasteiger partial charge in [-0.05, 0) is 30.3 Å². The van der Waals surface area contributed by atoms with Crippen LogP contribution >= 0.6 is 0 Å². The normalized spacial score (nSPS) is 9.89. The molecule has 1 amide bonds. The highest BCUT2D eigenvalue weighted by molar-refractivity contribution is 5.93. The van der Waals surface area contributed by atoms with Crippen LogP contribution in [0.25, 0.3) is 0 Å². The van der Waals surface area contributed by atoms with Crippen molar-refractivity contribution in [3.8, 4) is 0 Å². The second-order valence-electron chi connectivity index (χ2n) is 3.81. The summed E-state index contributed by atoms with van der Waals surface area (Å²) < 4.78 is 0. The topological polar surface area (TPSA) is 105 Å². The van der Waals surface area contributed by atoms with Gasteiger partial charge in [0.1, 0.15) is 5.69 Å². The van der Waals surface area contributed by atoms with Gasteiger partial charge in [-0.3, -0.25) is 4.79 Å². The third kappa shape index (κ3) is 3.06. The first-order valence-corrected chi connectivity index (χ1v) is 5.42. The molecular formula is C13H11N3O3. The number of nitrogens with one attached hydrogen (secondary N) is 1. The molecule has 0 aliphatic heterocycles. The number of hydrogen-bond donors (Lipinski definition) is 3. The van der Waals surface area contributed by atoms with Crippen LogP contribution in [0.4, 0.5) is 11.4 Å². The summed E-state index contributed by atoms with van der Waals surface area (Å²) in [6.07, 6.45) is 1.40. The molecule has 2 aromatic rings. The predicted octanol–water partition coefficient (Wildman–Crippen LogP) is 1.62. The van der Waals surface area contributed by atoms with E-state index < -0.39 is 11.9 Å². The van der Waals surface area contributed by atoms with Crippen molar-refractivity contribution in [1.82, 2.24) is 4.98 Å². The Morgan fingerprint density at radius 1 is 1.16 bits per heavy atom. The van der Waals surface area contributed by atoms with Crippen molar-refractivity contribution in [3.63, 3.8) is 0 Å². The average Bonchev–Trinajstić information content (AvgIpc) is 2.39. The van der Waals surface area contributed by atoms with Crippen LogP contribution in [0.15, 0.2) is 42.6 Å². The maximum absolute atomic E-state index is 11.0. The molecule has 1 aromatic heterocycles. The largest absolute Gasteiger partial charge is 0.477 e. The number of nitrogens with zero attached hydrogens (tertiary/aromatic N) is 1. The molecule has 0 spiro atoms. The van der Waals surface area contributed by atoms with Crippen LogP contribution in [0.1, 0.15) is 20.8 Å². The van der Waals surface area contributed by atoms with Crippen molar-refractivity contribution in [1.29, 1.82) is 0 Å². The first-order chi connectivity index (χ1) is 9.06. The summed E-state index contributed by atoms with van der Waals surface area (Å²) in [5, 5.41) is 11.7. The number of carboxylic acids is 1. The van der Waals surface area contributed by atoms with E-state index in [4.69, 9.17) is 10.8 Å². The summed E-state index contributed by atoms with van der Waals surface area (Å²) >= 11 is 0. The molecule has 0 saturated heterocycles. The van der Waals surface area contributed by atoms with Gasteiger partial charge in [-0.25, -0.2) is 9.78 Å². The molecule has 0 aliphatic rings. The number of primary amides is 1. The van der Waals surface area contributed by atoms with Crippen molar-refractivity contribution in [2.45, 2.75) is 0 Å². The molecule has 0 saturated carbocycles. The summed E-state index contributed by atoms with van der Waals surface area (Å²) in [5.74, 6) is -1.59. The smallest absolute Gasteiger partial charge is 0.354 e. The lowest BCUT2D eigenvalue weighted by atomic mass is 10.2. The quantitative estimate of drug-likeness (QED) is 0.771. The minimum atomic E-state index is -1.08. The first-order valence-electron chi connectivity index (χ1n) is 5.42. The molecule has 1 heterocycles. The fourth-order valence-electron chi connectivity index (χ4n) is 1.51. The molecule has 96 valence electrons. The molecule has 1 aromatic carbocycles. The highest BCUT2D eigenvalue weighted by Gasteiger charge is 2.04. The minimum Gasteiger partial charge on any atom is -0.477 e. The molecule has 6 heteroatoms. The Morgan fingerprint density at radius 2 is 1.95 bits per heavy atom. The van der Waals surface area contributed by atoms with Crippen LogP contribution in [-0.2, 0) is 0 Å². The summed E-state index contributed by atoms with van der Waals surface area (Å²) in [6.45, 7) is 0. The number of anilines is 2. The number of nitrogens with two attached hydrogens (primary N) is 1. The lowest BCUT2D eigenvalue weighted by molar-refractivity contribution is 0.0690. The van der Waals surface area contributed by atoms with E-state index in [0.29, 0.717) is 16.9 Å². The second kappa shape index (κ2) is 5.18. The van der Waals surface area contributed by atoms with E-state index in [1.54, 1.807) is 30.3 Å². The van der Waals surface area contributed by atoms with E-state index in [1.165, 1.54) is 12.3 Å². The maximum atomic E-state index is 11.0. The monoisotopic (exact) mass is 257 g/mol. The Hall–Kier alpha value is -2.89. The number of rotatable bonds is 4. The maximum Gasteiger partial charge on any atom is 0.354 e. The summed E-state index contributed by atoms with van der Waals surface area (Å²) in [5.41, 5.74) is 6.83. The van der Waals surface area contributed by atoms with E-state index in [1.807, 2.05) is 0 Å². The van der Waals surface area contributed by atoms with Crippen LogP contribution in [0, 0.1) is 0 Å². The Balaban J connectivity index is 2.19. The molecule has 0 radical (unpaired) electrons. The number of pyridine rings is 1. The van der Waals surface area contributed by atoms with E-state index >= 15 is 0 Å². The molecule has 0 aliphatic carbocycles. The van der Waals surface area contributed by atoms with Gasteiger partial charge < -0.3 is 16.2 Å². The average molecular weight is 257 g/mol. The first kappa shape index (κ1) is 12.6. The van der Waals surface area contributed by atoms with Crippen LogP contribution in [0.2, 0.25) is 0 Å². The Bertz CT molecular complexity index is 623. The number of carbonyl (C=O) groups is 2. The molecule has 6 nitrogen and oxygen atoms in total. The van der Waals surface area contributed by atoms with Crippen molar-refractivity contribution < 1.29 is 14.7 Å². The van der Waals surface area contributed by atoms with Gasteiger partial charge in [0.05, 0.1) is 11.9 Å². The third-order valence-electron chi connectivity index (χ3n) is 2.42. The number of aromatic carboxylic acids is 1. The van der Waals surface area contributed by atoms with Crippen LogP contribution in [-0.4, -0.2) is 22.0 Å². The number of amides is 1. The van der Waals surface area contributed by atoms with Crippen LogP contribution in [0.3, 0.4) is 0 Å². The predicted molar refractivity (Wildman–Crippen MR) is 69.4 cm³/mol. The molecule has 0 bridgehead atoms. The van der Waals surface area contributed by atoms with E-state index in [-0.39, 0.29) is 5.69 Å². The van der Waals surface area contributed by atoms with Crippen LogP contribution < -0.4 is 11.1 Å². The number of benzene rings is 1. The third-order valence-corrected chi connectivity index (χ3v) is 2.42. The Kier molecular flexibility index (Phi) is 3.42. The van der Waals surface area contributed by atoms with Crippen LogP contribution in [0.5, 0.6) is 0 Å². The highest BCUT2D eigenvalue weighted by atomic mass is 16.4. The zero-order chi connectivity index (χ0) is 13.8. The number of hydrogen-bond acceptors (Lipinski definition) is 4. The lowest BCUT2D eigenvalue weighted by Gasteiger charge is -2.07. The van der Waals surface area contributed by atoms with Crippen molar-refractivity contribution in [2.24, 2.45) is 5.73 Å². The molecule has 4 N–H and O–H groups in total. The number of carboxylic acid groups (broad SMARTS) is 1. The van der Waals surface area contributed by atoms with Gasteiger partial charge in [-0.15, -0.1) is 0 Å². The van der Waals surface area contributed by atoms with Crippen molar-refractivity contribution >= 4 is 23.3 Å². The van der Waals surface area contributed by atoms with Gasteiger partial charge >= 0.3 is 5.97 Å². The molecule has 0 fully saturated rings. The van der Waals surface area contributed by atoms with Gasteiger partial charge in [0.15, 0.2) is 0 Å². The summed E-state index contributed by atoms with van der Waals surface area (Å²) in [7, 11) is 0. The van der Waals surface area contributed by atoms with E-state index in [9.17, 15) is 9.59 Å². The molecule has 19 heavy (non-hydrogen) atoms. The zero-order valence-corrected chi connectivity index (χ0v) is 9.83. The molecule has 0 atom stereocenters. The molecule has 2 rings (SSSR count). The Labute approximate surface area is 108 Å². The van der Waals surface area contributed by atoms with Crippen molar-refractivity contribution in [2.75, 3.05) is 5.32 Å². The van der Waals surface area contributed by atoms with Gasteiger partial charge in [-0.1, -0.05) is 6.07 Å². The Morgan fingerprint density at radius 3 is 2.53 bits per heavy atom. The fourth-order valence-corrected chi connectivity index (χ4v) is 1.51. The standard InChI is InChI=1S/C13H11N3O3/c14-12(17)8-2-1-3-9(6-8)16-10-4-5-11(13(18)19)15-7-10/h1-7,16H,(H2,14,17)(H,18,19). The lowest BCUT2D eigenvalue weighted by Crippen LogP contribution is -2.10. The SMILES string of the molecule is NC(=O)c1cccc(Nc2ccc(C(=O)O)nc2)c1. The summed E-state index contributed by atoms with van der Waals surface area (Å²) in [4.78, 5) is 25.5. The molecular weight excluding hydrogens is 246 g/mol. The van der Waals surface area contributed by atoms with E-state index in [0.717, 1.165) is 0 Å². The van der Waals surface area contributed by atoms with Gasteiger partial charge in [0, 0.05) is 11.3 Å². The summed E-state index contributed by atoms with van der Waals surface area (Å²) in [6, 6.07) is 9.65. The number of carbonyl (C=O) groups excluding carboxylic acids is 1. The van der Waals surface area contributed by atoms with Crippen molar-refractivity contribution in [3.05, 3.63) is 53.9 Å². The van der Waals surface area contributed by atoms with Gasteiger partial charge in [0.25, 0.3) is 0 Å². The van der Waals surface area contributed by atoms with Gasteiger partial charge in [0.2, 0.25) is 5.91 Å². The molecule has 0 unspecified atom stereocenters. The van der Waals surface area contributed by atoms with E-state index in [2.05, 4.69) is 10.3 Å². The second-order valence-corrected chi connectivity index (χ2v) is 3.81. The zero-order valence-electron chi connectivity index (χ0n) is 9.83. The minimum absolute atomic E-state index is 0.0311.